The lowest BCUT2D eigenvalue weighted by atomic mass is 9.90. The monoisotopic (exact) mass is 345 g/mol. The first kappa shape index (κ1) is 16.3. The molecule has 0 spiro atoms. The number of Topliss-reactive ketones (excluding diaryl/α,β-unsaturated/α-hetero) is 1. The number of hydrogen-bond acceptors (Lipinski definition) is 4. The van der Waals surface area contributed by atoms with Crippen molar-refractivity contribution < 1.29 is 9.53 Å². The number of allylic oxidation sites excluding steroid dienone is 1. The Labute approximate surface area is 152 Å². The Morgan fingerprint density at radius 2 is 2.00 bits per heavy atom. The minimum absolute atomic E-state index is 0.0785. The second-order valence-electron chi connectivity index (χ2n) is 6.31. The van der Waals surface area contributed by atoms with E-state index in [4.69, 9.17) is 4.74 Å². The number of carbonyl (C=O) groups is 1. The van der Waals surface area contributed by atoms with E-state index in [1.165, 1.54) is 0 Å². The van der Waals surface area contributed by atoms with Crippen LogP contribution in [0.25, 0.3) is 6.08 Å². The number of ether oxygens (including phenoxy) is 1. The largest absolute Gasteiger partial charge is 0.487 e. The van der Waals surface area contributed by atoms with Crippen LogP contribution in [0.4, 0.5) is 0 Å². The van der Waals surface area contributed by atoms with E-state index in [0.717, 1.165) is 46.7 Å². The highest BCUT2D eigenvalue weighted by molar-refractivity contribution is 6.12. The lowest BCUT2D eigenvalue weighted by Gasteiger charge is -2.14. The molecule has 26 heavy (non-hydrogen) atoms. The van der Waals surface area contributed by atoms with Gasteiger partial charge in [-0.1, -0.05) is 18.2 Å². The minimum atomic E-state index is 0.0785. The smallest absolute Gasteiger partial charge is 0.192 e. The zero-order valence-corrected chi connectivity index (χ0v) is 14.6. The first-order valence-electron chi connectivity index (χ1n) is 8.59. The molecule has 0 atom stereocenters. The highest BCUT2D eigenvalue weighted by Crippen LogP contribution is 2.26. The fraction of sp³-hybridized carbons (Fsp3) is 0.190. The lowest BCUT2D eigenvalue weighted by molar-refractivity contribution is 0.102. The van der Waals surface area contributed by atoms with Crippen molar-refractivity contribution in [3.8, 4) is 5.75 Å². The van der Waals surface area contributed by atoms with Gasteiger partial charge in [-0.25, -0.2) is 0 Å². The van der Waals surface area contributed by atoms with Gasteiger partial charge < -0.3 is 4.74 Å². The van der Waals surface area contributed by atoms with Crippen molar-refractivity contribution >= 4 is 11.9 Å². The van der Waals surface area contributed by atoms with E-state index in [9.17, 15) is 4.79 Å². The van der Waals surface area contributed by atoms with E-state index >= 15 is 0 Å². The molecule has 0 saturated heterocycles. The molecule has 1 aliphatic carbocycles. The van der Waals surface area contributed by atoms with Crippen molar-refractivity contribution in [3.63, 3.8) is 0 Å². The summed E-state index contributed by atoms with van der Waals surface area (Å²) < 4.78 is 7.54. The maximum absolute atomic E-state index is 12.6. The number of rotatable bonds is 4. The summed E-state index contributed by atoms with van der Waals surface area (Å²) >= 11 is 0. The average Bonchev–Trinajstić information content (AvgIpc) is 3.06. The Morgan fingerprint density at radius 1 is 1.15 bits per heavy atom. The predicted octanol–water partition coefficient (Wildman–Crippen LogP) is 3.61. The van der Waals surface area contributed by atoms with E-state index in [-0.39, 0.29) is 5.78 Å². The van der Waals surface area contributed by atoms with Gasteiger partial charge in [-0.15, -0.1) is 0 Å². The molecular weight excluding hydrogens is 326 g/mol. The zero-order chi connectivity index (χ0) is 17.9. The van der Waals surface area contributed by atoms with Gasteiger partial charge in [-0.2, -0.15) is 5.10 Å². The van der Waals surface area contributed by atoms with Crippen LogP contribution in [0.3, 0.4) is 0 Å². The van der Waals surface area contributed by atoms with E-state index in [1.807, 2.05) is 55.6 Å². The summed E-state index contributed by atoms with van der Waals surface area (Å²) in [6, 6.07) is 13.5. The number of benzene rings is 1. The van der Waals surface area contributed by atoms with Gasteiger partial charge in [0.1, 0.15) is 12.4 Å². The van der Waals surface area contributed by atoms with Crippen LogP contribution < -0.4 is 4.74 Å². The molecule has 0 bridgehead atoms. The number of pyridine rings is 1. The van der Waals surface area contributed by atoms with Crippen LogP contribution in [-0.4, -0.2) is 20.5 Å². The maximum atomic E-state index is 12.6. The van der Waals surface area contributed by atoms with Crippen LogP contribution in [0.15, 0.2) is 60.4 Å². The maximum Gasteiger partial charge on any atom is 0.192 e. The Bertz CT molecular complexity index is 957. The van der Waals surface area contributed by atoms with Crippen molar-refractivity contribution in [3.05, 3.63) is 82.9 Å². The SMILES string of the molecule is Cn1ncc2c1CCC(=Cc1ccc(OCc3ccccn3)cc1)C2=O. The van der Waals surface area contributed by atoms with E-state index in [1.54, 1.807) is 17.1 Å². The number of ketones is 1. The van der Waals surface area contributed by atoms with Gasteiger partial charge in [0.2, 0.25) is 0 Å². The number of carbonyl (C=O) groups excluding carboxylic acids is 1. The van der Waals surface area contributed by atoms with Crippen LogP contribution >= 0.6 is 0 Å². The molecule has 0 N–H and O–H groups in total. The lowest BCUT2D eigenvalue weighted by Crippen LogP contribution is -2.14. The van der Waals surface area contributed by atoms with Gasteiger partial charge in [-0.05, 0) is 48.7 Å². The third kappa shape index (κ3) is 3.28. The minimum Gasteiger partial charge on any atom is -0.487 e. The normalized spacial score (nSPS) is 15.1. The summed E-state index contributed by atoms with van der Waals surface area (Å²) in [5.41, 5.74) is 4.45. The summed E-state index contributed by atoms with van der Waals surface area (Å²) in [6.07, 6.45) is 6.96. The van der Waals surface area contributed by atoms with Gasteiger partial charge in [-0.3, -0.25) is 14.5 Å². The predicted molar refractivity (Wildman–Crippen MR) is 98.8 cm³/mol. The fourth-order valence-electron chi connectivity index (χ4n) is 3.13. The van der Waals surface area contributed by atoms with E-state index in [2.05, 4.69) is 10.1 Å². The molecule has 3 aromatic rings. The van der Waals surface area contributed by atoms with Crippen molar-refractivity contribution in [2.75, 3.05) is 0 Å². The fourth-order valence-corrected chi connectivity index (χ4v) is 3.13. The van der Waals surface area contributed by atoms with Crippen LogP contribution in [-0.2, 0) is 20.1 Å². The first-order valence-corrected chi connectivity index (χ1v) is 8.59. The Hall–Kier alpha value is -3.21. The highest BCUT2D eigenvalue weighted by Gasteiger charge is 2.24. The molecule has 0 radical (unpaired) electrons. The van der Waals surface area contributed by atoms with Crippen molar-refractivity contribution in [2.24, 2.45) is 7.05 Å². The molecule has 1 aromatic carbocycles. The summed E-state index contributed by atoms with van der Waals surface area (Å²) in [5.74, 6) is 0.858. The van der Waals surface area contributed by atoms with Gasteiger partial charge in [0.25, 0.3) is 0 Å². The molecule has 0 amide bonds. The second kappa shape index (κ2) is 6.96. The number of aryl methyl sites for hydroxylation is 1. The molecule has 130 valence electrons. The number of nitrogens with zero attached hydrogens (tertiary/aromatic N) is 3. The van der Waals surface area contributed by atoms with Gasteiger partial charge >= 0.3 is 0 Å². The van der Waals surface area contributed by atoms with Crippen LogP contribution in [0.2, 0.25) is 0 Å². The summed E-state index contributed by atoms with van der Waals surface area (Å²) in [7, 11) is 1.88. The topological polar surface area (TPSA) is 57.0 Å². The Balaban J connectivity index is 1.46. The molecule has 5 nitrogen and oxygen atoms in total. The molecule has 0 saturated carbocycles. The quantitative estimate of drug-likeness (QED) is 0.678. The van der Waals surface area contributed by atoms with E-state index in [0.29, 0.717) is 6.61 Å². The van der Waals surface area contributed by atoms with Crippen molar-refractivity contribution in [2.45, 2.75) is 19.4 Å². The summed E-state index contributed by atoms with van der Waals surface area (Å²) in [4.78, 5) is 16.8. The van der Waals surface area contributed by atoms with Gasteiger partial charge in [0.05, 0.1) is 17.5 Å². The van der Waals surface area contributed by atoms with Crippen molar-refractivity contribution in [1.82, 2.24) is 14.8 Å². The van der Waals surface area contributed by atoms with Crippen molar-refractivity contribution in [1.29, 1.82) is 0 Å². The third-order valence-electron chi connectivity index (χ3n) is 4.56. The second-order valence-corrected chi connectivity index (χ2v) is 6.31. The highest BCUT2D eigenvalue weighted by atomic mass is 16.5. The number of fused-ring (bicyclic) bond motifs is 1. The van der Waals surface area contributed by atoms with Crippen LogP contribution in [0.1, 0.15) is 33.7 Å². The third-order valence-corrected chi connectivity index (χ3v) is 4.56. The first-order chi connectivity index (χ1) is 12.7. The molecule has 5 heteroatoms. The Morgan fingerprint density at radius 3 is 2.77 bits per heavy atom. The molecule has 1 aliphatic rings. The van der Waals surface area contributed by atoms with Crippen LogP contribution in [0.5, 0.6) is 5.75 Å². The molecule has 0 unspecified atom stereocenters. The molecule has 2 heterocycles. The number of hydrogen-bond donors (Lipinski definition) is 0. The zero-order valence-electron chi connectivity index (χ0n) is 14.6. The van der Waals surface area contributed by atoms with Gasteiger partial charge in [0.15, 0.2) is 5.78 Å². The van der Waals surface area contributed by atoms with E-state index < -0.39 is 0 Å². The summed E-state index contributed by atoms with van der Waals surface area (Å²) in [6.45, 7) is 0.434. The molecule has 2 aromatic heterocycles. The molecular formula is C21H19N3O2. The molecule has 4 rings (SSSR count). The summed E-state index contributed by atoms with van der Waals surface area (Å²) in [5, 5.41) is 4.19. The average molecular weight is 345 g/mol. The van der Waals surface area contributed by atoms with Gasteiger partial charge in [0, 0.05) is 24.5 Å². The molecule has 0 aliphatic heterocycles. The number of aromatic nitrogens is 3. The molecule has 0 fully saturated rings. The van der Waals surface area contributed by atoms with Crippen LogP contribution in [0, 0.1) is 0 Å². The Kier molecular flexibility index (Phi) is 4.35. The standard InChI is InChI=1S/C21H19N3O2/c1-24-20-10-7-16(21(25)19(20)13-23-24)12-15-5-8-18(9-6-15)26-14-17-4-2-3-11-22-17/h2-6,8-9,11-13H,7,10,14H2,1H3.